The molecule has 1 aliphatic heterocycles. The highest BCUT2D eigenvalue weighted by Gasteiger charge is 2.50. The molecule has 0 spiro atoms. The summed E-state index contributed by atoms with van der Waals surface area (Å²) in [5, 5.41) is 10.1. The van der Waals surface area contributed by atoms with Crippen LogP contribution in [-0.2, 0) is 12.5 Å². The molecule has 0 unspecified atom stereocenters. The molecular formula is C22H24Cl3N5O. The Morgan fingerprint density at radius 2 is 1.77 bits per heavy atom. The normalized spacial score (nSPS) is 17.8. The van der Waals surface area contributed by atoms with Crippen molar-refractivity contribution in [1.82, 2.24) is 19.7 Å². The number of piperidine rings is 1. The Bertz CT molecular complexity index is 1050. The quantitative estimate of drug-likeness (QED) is 0.510. The maximum absolute atomic E-state index is 6.19. The van der Waals surface area contributed by atoms with Crippen molar-refractivity contribution in [1.29, 1.82) is 0 Å². The summed E-state index contributed by atoms with van der Waals surface area (Å²) >= 11 is 12.1. The van der Waals surface area contributed by atoms with Crippen molar-refractivity contribution in [2.45, 2.75) is 37.2 Å². The standard InChI is InChI=1S/C22H23Cl2N5O.ClH/c1-28-20(22(9-10-22)15-5-3-2-4-6-15)26-27-21(28)29-11-7-17(8-12-29)30-19-18(24)13-16(23)14-25-19;/h2-6,13-14,17H,7-12H2,1H3;1H. The highest BCUT2D eigenvalue weighted by Crippen LogP contribution is 2.53. The van der Waals surface area contributed by atoms with Crippen molar-refractivity contribution in [3.63, 3.8) is 0 Å². The van der Waals surface area contributed by atoms with Crippen LogP contribution in [0.2, 0.25) is 10.0 Å². The van der Waals surface area contributed by atoms with Gasteiger partial charge in [0.15, 0.2) is 0 Å². The van der Waals surface area contributed by atoms with E-state index in [0.29, 0.717) is 15.9 Å². The Hall–Kier alpha value is -2.02. The minimum atomic E-state index is 0. The molecule has 2 aromatic heterocycles. The van der Waals surface area contributed by atoms with E-state index in [4.69, 9.17) is 27.9 Å². The van der Waals surface area contributed by atoms with E-state index in [1.54, 1.807) is 12.3 Å². The summed E-state index contributed by atoms with van der Waals surface area (Å²) in [6.07, 6.45) is 5.60. The lowest BCUT2D eigenvalue weighted by atomic mass is 9.95. The molecule has 6 nitrogen and oxygen atoms in total. The Morgan fingerprint density at radius 1 is 1.06 bits per heavy atom. The maximum Gasteiger partial charge on any atom is 0.232 e. The predicted molar refractivity (Wildman–Crippen MR) is 125 cm³/mol. The number of hydrogen-bond acceptors (Lipinski definition) is 5. The van der Waals surface area contributed by atoms with Crippen LogP contribution in [-0.4, -0.2) is 38.9 Å². The van der Waals surface area contributed by atoms with Gasteiger partial charge in [0.05, 0.1) is 10.4 Å². The minimum Gasteiger partial charge on any atom is -0.473 e. The molecule has 1 aliphatic carbocycles. The van der Waals surface area contributed by atoms with Crippen LogP contribution in [0.25, 0.3) is 0 Å². The monoisotopic (exact) mass is 479 g/mol. The number of rotatable bonds is 5. The highest BCUT2D eigenvalue weighted by atomic mass is 35.5. The summed E-state index contributed by atoms with van der Waals surface area (Å²) in [5.41, 5.74) is 1.34. The number of aromatic nitrogens is 4. The molecule has 164 valence electrons. The third-order valence-electron chi connectivity index (χ3n) is 6.13. The Kier molecular flexibility index (Phi) is 6.33. The third-order valence-corrected chi connectivity index (χ3v) is 6.61. The first kappa shape index (κ1) is 22.2. The summed E-state index contributed by atoms with van der Waals surface area (Å²) in [4.78, 5) is 6.49. The molecule has 0 atom stereocenters. The zero-order valence-corrected chi connectivity index (χ0v) is 19.5. The largest absolute Gasteiger partial charge is 0.473 e. The van der Waals surface area contributed by atoms with E-state index >= 15 is 0 Å². The van der Waals surface area contributed by atoms with Crippen molar-refractivity contribution in [2.75, 3.05) is 18.0 Å². The van der Waals surface area contributed by atoms with Crippen LogP contribution in [0.1, 0.15) is 37.1 Å². The molecule has 2 fully saturated rings. The molecule has 1 saturated carbocycles. The van der Waals surface area contributed by atoms with Crippen LogP contribution in [0, 0.1) is 0 Å². The van der Waals surface area contributed by atoms with Crippen LogP contribution in [0.15, 0.2) is 42.6 Å². The molecule has 1 saturated heterocycles. The fourth-order valence-corrected chi connectivity index (χ4v) is 4.78. The zero-order chi connectivity index (χ0) is 20.7. The van der Waals surface area contributed by atoms with Gasteiger partial charge in [0.25, 0.3) is 0 Å². The minimum absolute atomic E-state index is 0. The van der Waals surface area contributed by atoms with Gasteiger partial charge in [0.1, 0.15) is 17.0 Å². The summed E-state index contributed by atoms with van der Waals surface area (Å²) in [6.45, 7) is 1.69. The maximum atomic E-state index is 6.19. The summed E-state index contributed by atoms with van der Waals surface area (Å²) in [6, 6.07) is 12.3. The molecule has 0 N–H and O–H groups in total. The van der Waals surface area contributed by atoms with Gasteiger partial charge in [-0.25, -0.2) is 4.98 Å². The lowest BCUT2D eigenvalue weighted by molar-refractivity contribution is 0.163. The molecule has 31 heavy (non-hydrogen) atoms. The van der Waals surface area contributed by atoms with Crippen LogP contribution in [0.3, 0.4) is 0 Å². The average Bonchev–Trinajstić information content (AvgIpc) is 3.48. The topological polar surface area (TPSA) is 56.1 Å². The van der Waals surface area contributed by atoms with Gasteiger partial charge in [-0.3, -0.25) is 4.57 Å². The number of benzene rings is 1. The van der Waals surface area contributed by atoms with Crippen molar-refractivity contribution < 1.29 is 4.74 Å². The fraction of sp³-hybridized carbons (Fsp3) is 0.409. The van der Waals surface area contributed by atoms with Crippen LogP contribution in [0.5, 0.6) is 5.88 Å². The van der Waals surface area contributed by atoms with Crippen molar-refractivity contribution in [3.8, 4) is 5.88 Å². The van der Waals surface area contributed by atoms with E-state index in [1.165, 1.54) is 5.56 Å². The predicted octanol–water partition coefficient (Wildman–Crippen LogP) is 5.07. The van der Waals surface area contributed by atoms with Gasteiger partial charge in [0, 0.05) is 39.2 Å². The van der Waals surface area contributed by atoms with Gasteiger partial charge in [0.2, 0.25) is 11.8 Å². The molecule has 2 aliphatic rings. The first-order valence-electron chi connectivity index (χ1n) is 10.2. The van der Waals surface area contributed by atoms with E-state index in [0.717, 1.165) is 50.5 Å². The van der Waals surface area contributed by atoms with Crippen LogP contribution < -0.4 is 9.64 Å². The average molecular weight is 481 g/mol. The first-order chi connectivity index (χ1) is 14.6. The Morgan fingerprint density at radius 3 is 2.42 bits per heavy atom. The van der Waals surface area contributed by atoms with Crippen molar-refractivity contribution in [3.05, 3.63) is 64.0 Å². The van der Waals surface area contributed by atoms with Crippen LogP contribution >= 0.6 is 35.6 Å². The Labute approximate surface area is 197 Å². The molecule has 9 heteroatoms. The number of hydrogen-bond donors (Lipinski definition) is 0. The fourth-order valence-electron chi connectivity index (χ4n) is 4.36. The molecular weight excluding hydrogens is 457 g/mol. The molecule has 3 aromatic rings. The van der Waals surface area contributed by atoms with Gasteiger partial charge in [-0.1, -0.05) is 53.5 Å². The van der Waals surface area contributed by atoms with Crippen molar-refractivity contribution in [2.24, 2.45) is 7.05 Å². The van der Waals surface area contributed by atoms with E-state index in [9.17, 15) is 0 Å². The lowest BCUT2D eigenvalue weighted by Crippen LogP contribution is -2.39. The van der Waals surface area contributed by atoms with E-state index in [2.05, 4.69) is 62.0 Å². The lowest BCUT2D eigenvalue weighted by Gasteiger charge is -2.32. The van der Waals surface area contributed by atoms with Crippen LogP contribution in [0.4, 0.5) is 5.95 Å². The Balaban J connectivity index is 0.00000231. The summed E-state index contributed by atoms with van der Waals surface area (Å²) < 4.78 is 8.18. The van der Waals surface area contributed by atoms with Gasteiger partial charge < -0.3 is 9.64 Å². The van der Waals surface area contributed by atoms with Gasteiger partial charge >= 0.3 is 0 Å². The second-order valence-corrected chi connectivity index (χ2v) is 8.92. The van der Waals surface area contributed by atoms with Gasteiger partial charge in [-0.2, -0.15) is 0 Å². The van der Waals surface area contributed by atoms with Gasteiger partial charge in [-0.05, 0) is 24.5 Å². The smallest absolute Gasteiger partial charge is 0.232 e. The molecule has 0 amide bonds. The second-order valence-electron chi connectivity index (χ2n) is 8.08. The second kappa shape index (κ2) is 8.85. The third kappa shape index (κ3) is 4.21. The molecule has 3 heterocycles. The number of halogens is 3. The van der Waals surface area contributed by atoms with E-state index < -0.39 is 0 Å². The molecule has 5 rings (SSSR count). The number of pyridine rings is 1. The highest BCUT2D eigenvalue weighted by molar-refractivity contribution is 6.35. The zero-order valence-electron chi connectivity index (χ0n) is 17.2. The number of ether oxygens (including phenoxy) is 1. The summed E-state index contributed by atoms with van der Waals surface area (Å²) in [7, 11) is 2.08. The van der Waals surface area contributed by atoms with E-state index in [-0.39, 0.29) is 23.9 Å². The van der Waals surface area contributed by atoms with Crippen molar-refractivity contribution >= 4 is 41.6 Å². The number of anilines is 1. The molecule has 1 aromatic carbocycles. The molecule has 0 bridgehead atoms. The van der Waals surface area contributed by atoms with Gasteiger partial charge in [-0.15, -0.1) is 22.6 Å². The number of nitrogens with zero attached hydrogens (tertiary/aromatic N) is 5. The summed E-state index contributed by atoms with van der Waals surface area (Å²) in [5.74, 6) is 2.42. The SMILES string of the molecule is Cl.Cn1c(N2CCC(Oc3ncc(Cl)cc3Cl)CC2)nnc1C1(c2ccccc2)CC1. The first-order valence-corrected chi connectivity index (χ1v) is 11.0. The van der Waals surface area contributed by atoms with E-state index in [1.807, 2.05) is 0 Å². The molecule has 0 radical (unpaired) electrons.